The third-order valence-electron chi connectivity index (χ3n) is 4.23. The fourth-order valence-corrected chi connectivity index (χ4v) is 2.44. The van der Waals surface area contributed by atoms with Crippen LogP contribution < -0.4 is 5.73 Å². The fraction of sp³-hybridized carbons (Fsp3) is 0.643. The highest BCUT2D eigenvalue weighted by Gasteiger charge is 2.42. The zero-order valence-electron chi connectivity index (χ0n) is 10.9. The van der Waals surface area contributed by atoms with Crippen molar-refractivity contribution < 1.29 is 0 Å². The predicted octanol–water partition coefficient (Wildman–Crippen LogP) is 1.68. The van der Waals surface area contributed by atoms with Crippen molar-refractivity contribution in [3.8, 4) is 0 Å². The summed E-state index contributed by atoms with van der Waals surface area (Å²) in [5.74, 6) is 0.801. The first-order valence-corrected chi connectivity index (χ1v) is 6.47. The Kier molecular flexibility index (Phi) is 3.79. The minimum atomic E-state index is 0.188. The Hall–Kier alpha value is -0.930. The van der Waals surface area contributed by atoms with Gasteiger partial charge < -0.3 is 5.73 Å². The molecule has 17 heavy (non-hydrogen) atoms. The summed E-state index contributed by atoms with van der Waals surface area (Å²) in [6, 6.07) is 4.18. The summed E-state index contributed by atoms with van der Waals surface area (Å²) in [7, 11) is 2.20. The molecule has 0 aliphatic heterocycles. The van der Waals surface area contributed by atoms with E-state index in [-0.39, 0.29) is 5.54 Å². The summed E-state index contributed by atoms with van der Waals surface area (Å²) in [5, 5.41) is 0. The maximum absolute atomic E-state index is 5.97. The number of rotatable bonds is 6. The van der Waals surface area contributed by atoms with Crippen molar-refractivity contribution in [1.82, 2.24) is 9.88 Å². The Morgan fingerprint density at radius 2 is 2.06 bits per heavy atom. The van der Waals surface area contributed by atoms with E-state index in [2.05, 4.69) is 36.0 Å². The van der Waals surface area contributed by atoms with E-state index in [0.717, 1.165) is 25.4 Å². The number of hydrogen-bond acceptors (Lipinski definition) is 3. The molecule has 1 aromatic rings. The highest BCUT2D eigenvalue weighted by atomic mass is 15.2. The molecular weight excluding hydrogens is 210 g/mol. The number of aromatic nitrogens is 1. The molecule has 1 aromatic heterocycles. The first kappa shape index (κ1) is 12.5. The fourth-order valence-electron chi connectivity index (χ4n) is 2.44. The number of nitrogens with two attached hydrogens (primary N) is 1. The van der Waals surface area contributed by atoms with Gasteiger partial charge in [-0.05, 0) is 56.8 Å². The van der Waals surface area contributed by atoms with E-state index in [4.69, 9.17) is 5.73 Å². The predicted molar refractivity (Wildman–Crippen MR) is 70.8 cm³/mol. The highest BCUT2D eigenvalue weighted by Crippen LogP contribution is 2.41. The van der Waals surface area contributed by atoms with Gasteiger partial charge in [-0.15, -0.1) is 0 Å². The Morgan fingerprint density at radius 1 is 1.41 bits per heavy atom. The Morgan fingerprint density at radius 3 is 2.59 bits per heavy atom. The van der Waals surface area contributed by atoms with Crippen LogP contribution in [0.25, 0.3) is 0 Å². The van der Waals surface area contributed by atoms with E-state index in [1.807, 2.05) is 12.4 Å². The molecule has 3 nitrogen and oxygen atoms in total. The zero-order chi connectivity index (χ0) is 12.3. The second-order valence-corrected chi connectivity index (χ2v) is 5.36. The molecular formula is C14H23N3. The highest BCUT2D eigenvalue weighted by molar-refractivity contribution is 5.10. The van der Waals surface area contributed by atoms with Crippen molar-refractivity contribution in [2.45, 2.75) is 31.7 Å². The van der Waals surface area contributed by atoms with Gasteiger partial charge in [0, 0.05) is 31.0 Å². The molecule has 1 fully saturated rings. The van der Waals surface area contributed by atoms with Gasteiger partial charge in [0.05, 0.1) is 0 Å². The van der Waals surface area contributed by atoms with Gasteiger partial charge in [-0.3, -0.25) is 9.88 Å². The standard InChI is InChI=1S/C14H23N3/c1-14(11-15,13-3-4-13)17(2)10-7-12-5-8-16-9-6-12/h5-6,8-9,13H,3-4,7,10-11,15H2,1-2H3. The normalized spacial score (nSPS) is 19.3. The number of likely N-dealkylation sites (N-methyl/N-ethyl adjacent to an activating group) is 1. The van der Waals surface area contributed by atoms with E-state index in [1.54, 1.807) is 0 Å². The third-order valence-corrected chi connectivity index (χ3v) is 4.23. The van der Waals surface area contributed by atoms with E-state index in [1.165, 1.54) is 18.4 Å². The van der Waals surface area contributed by atoms with Crippen molar-refractivity contribution in [1.29, 1.82) is 0 Å². The van der Waals surface area contributed by atoms with Crippen LogP contribution in [0.4, 0.5) is 0 Å². The summed E-state index contributed by atoms with van der Waals surface area (Å²) < 4.78 is 0. The molecule has 0 saturated heterocycles. The van der Waals surface area contributed by atoms with E-state index in [0.29, 0.717) is 0 Å². The van der Waals surface area contributed by atoms with Gasteiger partial charge in [-0.2, -0.15) is 0 Å². The van der Waals surface area contributed by atoms with Crippen LogP contribution in [0.3, 0.4) is 0 Å². The average molecular weight is 233 g/mol. The van der Waals surface area contributed by atoms with Crippen LogP contribution in [-0.2, 0) is 6.42 Å². The molecule has 3 heteroatoms. The van der Waals surface area contributed by atoms with Crippen LogP contribution in [0.5, 0.6) is 0 Å². The molecule has 1 atom stereocenters. The summed E-state index contributed by atoms with van der Waals surface area (Å²) in [5.41, 5.74) is 7.50. The Labute approximate surface area is 104 Å². The van der Waals surface area contributed by atoms with Crippen LogP contribution >= 0.6 is 0 Å². The molecule has 1 saturated carbocycles. The molecule has 1 unspecified atom stereocenters. The van der Waals surface area contributed by atoms with Crippen molar-refractivity contribution in [3.05, 3.63) is 30.1 Å². The van der Waals surface area contributed by atoms with Crippen LogP contribution in [0, 0.1) is 5.92 Å². The van der Waals surface area contributed by atoms with Crippen molar-refractivity contribution in [2.24, 2.45) is 11.7 Å². The molecule has 0 aromatic carbocycles. The average Bonchev–Trinajstić information content (AvgIpc) is 3.20. The smallest absolute Gasteiger partial charge is 0.0328 e. The third kappa shape index (κ3) is 2.85. The topological polar surface area (TPSA) is 42.2 Å². The van der Waals surface area contributed by atoms with Gasteiger partial charge in [0.1, 0.15) is 0 Å². The van der Waals surface area contributed by atoms with Crippen LogP contribution in [0.1, 0.15) is 25.3 Å². The second kappa shape index (κ2) is 5.15. The maximum atomic E-state index is 5.97. The van der Waals surface area contributed by atoms with Crippen LogP contribution in [0.15, 0.2) is 24.5 Å². The van der Waals surface area contributed by atoms with Gasteiger partial charge in [-0.25, -0.2) is 0 Å². The molecule has 94 valence electrons. The summed E-state index contributed by atoms with van der Waals surface area (Å²) >= 11 is 0. The van der Waals surface area contributed by atoms with Gasteiger partial charge in [0.2, 0.25) is 0 Å². The van der Waals surface area contributed by atoms with Crippen LogP contribution in [-0.4, -0.2) is 35.6 Å². The minimum absolute atomic E-state index is 0.188. The van der Waals surface area contributed by atoms with Gasteiger partial charge >= 0.3 is 0 Å². The van der Waals surface area contributed by atoms with E-state index < -0.39 is 0 Å². The lowest BCUT2D eigenvalue weighted by Crippen LogP contribution is -2.52. The molecule has 0 spiro atoms. The molecule has 1 heterocycles. The van der Waals surface area contributed by atoms with E-state index >= 15 is 0 Å². The van der Waals surface area contributed by atoms with Crippen molar-refractivity contribution >= 4 is 0 Å². The number of pyridine rings is 1. The van der Waals surface area contributed by atoms with Crippen molar-refractivity contribution in [3.63, 3.8) is 0 Å². The second-order valence-electron chi connectivity index (χ2n) is 5.36. The molecule has 0 radical (unpaired) electrons. The zero-order valence-corrected chi connectivity index (χ0v) is 10.9. The Bertz CT molecular complexity index is 348. The lowest BCUT2D eigenvalue weighted by Gasteiger charge is -2.38. The summed E-state index contributed by atoms with van der Waals surface area (Å²) in [4.78, 5) is 6.48. The lowest BCUT2D eigenvalue weighted by atomic mass is 9.93. The quantitative estimate of drug-likeness (QED) is 0.813. The molecule has 2 rings (SSSR count). The molecule has 1 aliphatic rings. The number of hydrogen-bond donors (Lipinski definition) is 1. The Balaban J connectivity index is 1.90. The minimum Gasteiger partial charge on any atom is -0.329 e. The SMILES string of the molecule is CN(CCc1ccncc1)C(C)(CN)C1CC1. The lowest BCUT2D eigenvalue weighted by molar-refractivity contribution is 0.122. The van der Waals surface area contributed by atoms with Gasteiger partial charge in [0.15, 0.2) is 0 Å². The van der Waals surface area contributed by atoms with Crippen molar-refractivity contribution in [2.75, 3.05) is 20.1 Å². The monoisotopic (exact) mass is 233 g/mol. The molecule has 0 amide bonds. The van der Waals surface area contributed by atoms with Gasteiger partial charge in [0.25, 0.3) is 0 Å². The maximum Gasteiger partial charge on any atom is 0.0328 e. The van der Waals surface area contributed by atoms with Gasteiger partial charge in [-0.1, -0.05) is 0 Å². The van der Waals surface area contributed by atoms with Crippen LogP contribution in [0.2, 0.25) is 0 Å². The first-order chi connectivity index (χ1) is 8.16. The molecule has 2 N–H and O–H groups in total. The summed E-state index contributed by atoms with van der Waals surface area (Å²) in [6.45, 7) is 4.12. The largest absolute Gasteiger partial charge is 0.329 e. The first-order valence-electron chi connectivity index (χ1n) is 6.47. The number of nitrogens with zero attached hydrogens (tertiary/aromatic N) is 2. The summed E-state index contributed by atoms with van der Waals surface area (Å²) in [6.07, 6.45) is 7.47. The molecule has 0 bridgehead atoms. The molecule has 1 aliphatic carbocycles. The van der Waals surface area contributed by atoms with E-state index in [9.17, 15) is 0 Å².